The topological polar surface area (TPSA) is 95.5 Å². The summed E-state index contributed by atoms with van der Waals surface area (Å²) in [6, 6.07) is 16.6. The van der Waals surface area contributed by atoms with Crippen LogP contribution in [0.25, 0.3) is 0 Å². The van der Waals surface area contributed by atoms with E-state index in [2.05, 4.69) is 10.5 Å². The van der Waals surface area contributed by atoms with Gasteiger partial charge in [-0.1, -0.05) is 0 Å². The SMILES string of the molecule is COc1ccc(C(=O)Oc2ccc(C=NNC(=O)COc3ccc(F)cc3)cc2OC)cc1. The zero-order chi connectivity index (χ0) is 23.6. The van der Waals surface area contributed by atoms with Crippen LogP contribution in [0.1, 0.15) is 15.9 Å². The van der Waals surface area contributed by atoms with Crippen molar-refractivity contribution < 1.29 is 32.9 Å². The van der Waals surface area contributed by atoms with Crippen LogP contribution < -0.4 is 24.4 Å². The summed E-state index contributed by atoms with van der Waals surface area (Å²) in [5.41, 5.74) is 3.27. The van der Waals surface area contributed by atoms with E-state index < -0.39 is 17.7 Å². The van der Waals surface area contributed by atoms with Crippen LogP contribution in [0.15, 0.2) is 71.8 Å². The molecule has 0 fully saturated rings. The highest BCUT2D eigenvalue weighted by Gasteiger charge is 2.13. The Kier molecular flexibility index (Phi) is 7.96. The molecule has 0 aliphatic rings. The summed E-state index contributed by atoms with van der Waals surface area (Å²) >= 11 is 0. The van der Waals surface area contributed by atoms with Gasteiger partial charge in [0.2, 0.25) is 0 Å². The molecule has 3 aromatic rings. The average Bonchev–Trinajstić information content (AvgIpc) is 2.84. The van der Waals surface area contributed by atoms with E-state index in [4.69, 9.17) is 18.9 Å². The molecule has 0 unspecified atom stereocenters. The minimum Gasteiger partial charge on any atom is -0.497 e. The summed E-state index contributed by atoms with van der Waals surface area (Å²) in [6.07, 6.45) is 1.40. The zero-order valence-corrected chi connectivity index (χ0v) is 17.9. The first-order valence-electron chi connectivity index (χ1n) is 9.73. The summed E-state index contributed by atoms with van der Waals surface area (Å²) < 4.78 is 33.9. The third kappa shape index (κ3) is 6.79. The molecule has 3 rings (SSSR count). The van der Waals surface area contributed by atoms with Gasteiger partial charge in [-0.15, -0.1) is 0 Å². The summed E-state index contributed by atoms with van der Waals surface area (Å²) in [5, 5.41) is 3.86. The number of hydrazone groups is 1. The number of methoxy groups -OCH3 is 2. The number of esters is 1. The molecule has 0 spiro atoms. The van der Waals surface area contributed by atoms with Gasteiger partial charge in [-0.25, -0.2) is 14.6 Å². The molecule has 0 aliphatic carbocycles. The zero-order valence-electron chi connectivity index (χ0n) is 17.9. The number of carbonyl (C=O) groups is 2. The third-order valence-electron chi connectivity index (χ3n) is 4.30. The second-order valence-electron chi connectivity index (χ2n) is 6.56. The molecule has 0 saturated carbocycles. The van der Waals surface area contributed by atoms with Crippen molar-refractivity contribution in [2.45, 2.75) is 0 Å². The Bertz CT molecular complexity index is 1130. The number of rotatable bonds is 9. The first-order chi connectivity index (χ1) is 16.0. The Labute approximate surface area is 189 Å². The standard InChI is InChI=1S/C24H21FN2O6/c1-30-19-8-4-17(5-9-19)24(29)33-21-12-3-16(13-22(21)31-2)14-26-27-23(28)15-32-20-10-6-18(25)7-11-20/h3-14H,15H2,1-2H3,(H,27,28). The molecule has 1 amide bonds. The predicted molar refractivity (Wildman–Crippen MR) is 119 cm³/mol. The van der Waals surface area contributed by atoms with Crippen molar-refractivity contribution in [3.63, 3.8) is 0 Å². The molecule has 0 aliphatic heterocycles. The molecular weight excluding hydrogens is 431 g/mol. The van der Waals surface area contributed by atoms with Gasteiger partial charge in [0, 0.05) is 0 Å². The van der Waals surface area contributed by atoms with E-state index in [9.17, 15) is 14.0 Å². The highest BCUT2D eigenvalue weighted by Crippen LogP contribution is 2.28. The summed E-state index contributed by atoms with van der Waals surface area (Å²) in [5.74, 6) is 0.0904. The van der Waals surface area contributed by atoms with Gasteiger partial charge in [0.05, 0.1) is 26.0 Å². The lowest BCUT2D eigenvalue weighted by molar-refractivity contribution is -0.123. The maximum Gasteiger partial charge on any atom is 0.343 e. The molecule has 0 atom stereocenters. The number of amides is 1. The Morgan fingerprint density at radius 2 is 1.61 bits per heavy atom. The lowest BCUT2D eigenvalue weighted by Crippen LogP contribution is -2.24. The largest absolute Gasteiger partial charge is 0.497 e. The molecule has 0 radical (unpaired) electrons. The smallest absolute Gasteiger partial charge is 0.343 e. The summed E-state index contributed by atoms with van der Waals surface area (Å²) in [4.78, 5) is 24.2. The summed E-state index contributed by atoms with van der Waals surface area (Å²) in [6.45, 7) is -0.285. The van der Waals surface area contributed by atoms with Crippen LogP contribution >= 0.6 is 0 Å². The van der Waals surface area contributed by atoms with Crippen molar-refractivity contribution in [1.82, 2.24) is 5.43 Å². The van der Waals surface area contributed by atoms with Gasteiger partial charge < -0.3 is 18.9 Å². The monoisotopic (exact) mass is 452 g/mol. The van der Waals surface area contributed by atoms with E-state index in [1.165, 1.54) is 44.7 Å². The fourth-order valence-electron chi connectivity index (χ4n) is 2.63. The van der Waals surface area contributed by atoms with Crippen LogP contribution in [0.2, 0.25) is 0 Å². The van der Waals surface area contributed by atoms with Crippen LogP contribution in [0.4, 0.5) is 4.39 Å². The lowest BCUT2D eigenvalue weighted by atomic mass is 10.2. The van der Waals surface area contributed by atoms with Gasteiger partial charge in [-0.3, -0.25) is 4.79 Å². The van der Waals surface area contributed by atoms with E-state index in [-0.39, 0.29) is 12.4 Å². The Morgan fingerprint density at radius 1 is 0.909 bits per heavy atom. The van der Waals surface area contributed by atoms with E-state index in [1.54, 1.807) is 42.5 Å². The maximum atomic E-state index is 12.9. The molecule has 9 heteroatoms. The van der Waals surface area contributed by atoms with E-state index in [0.29, 0.717) is 28.4 Å². The molecule has 0 bridgehead atoms. The van der Waals surface area contributed by atoms with Crippen molar-refractivity contribution in [2.24, 2.45) is 5.10 Å². The normalized spacial score (nSPS) is 10.5. The fraction of sp³-hybridized carbons (Fsp3) is 0.125. The molecule has 8 nitrogen and oxygen atoms in total. The molecule has 0 aromatic heterocycles. The predicted octanol–water partition coefficient (Wildman–Crippen LogP) is 3.59. The van der Waals surface area contributed by atoms with E-state index in [1.807, 2.05) is 0 Å². The van der Waals surface area contributed by atoms with Gasteiger partial charge >= 0.3 is 5.97 Å². The first-order valence-corrected chi connectivity index (χ1v) is 9.73. The van der Waals surface area contributed by atoms with Crippen LogP contribution in [0.3, 0.4) is 0 Å². The Balaban J connectivity index is 1.55. The number of hydrogen-bond acceptors (Lipinski definition) is 7. The number of hydrogen-bond donors (Lipinski definition) is 1. The summed E-state index contributed by atoms with van der Waals surface area (Å²) in [7, 11) is 2.98. The molecule has 1 N–H and O–H groups in total. The van der Waals surface area contributed by atoms with E-state index >= 15 is 0 Å². The highest BCUT2D eigenvalue weighted by molar-refractivity contribution is 5.92. The Morgan fingerprint density at radius 3 is 2.27 bits per heavy atom. The molecular formula is C24H21FN2O6. The van der Waals surface area contributed by atoms with Crippen molar-refractivity contribution in [2.75, 3.05) is 20.8 Å². The van der Waals surface area contributed by atoms with Gasteiger partial charge in [0.1, 0.15) is 17.3 Å². The van der Waals surface area contributed by atoms with Crippen LogP contribution in [-0.2, 0) is 4.79 Å². The number of nitrogens with one attached hydrogen (secondary N) is 1. The fourth-order valence-corrected chi connectivity index (χ4v) is 2.63. The quantitative estimate of drug-likeness (QED) is 0.231. The maximum absolute atomic E-state index is 12.9. The molecule has 0 heterocycles. The molecule has 0 saturated heterocycles. The van der Waals surface area contributed by atoms with Crippen molar-refractivity contribution in [3.05, 3.63) is 83.7 Å². The second-order valence-corrected chi connectivity index (χ2v) is 6.56. The molecule has 3 aromatic carbocycles. The van der Waals surface area contributed by atoms with Gasteiger partial charge in [-0.05, 0) is 72.3 Å². The van der Waals surface area contributed by atoms with Crippen molar-refractivity contribution in [3.8, 4) is 23.0 Å². The number of benzene rings is 3. The van der Waals surface area contributed by atoms with Gasteiger partial charge in [-0.2, -0.15) is 5.10 Å². The minimum atomic E-state index is -0.550. The Hall–Kier alpha value is -4.40. The van der Waals surface area contributed by atoms with Gasteiger partial charge in [0.15, 0.2) is 18.1 Å². The molecule has 33 heavy (non-hydrogen) atoms. The second kappa shape index (κ2) is 11.3. The average molecular weight is 452 g/mol. The highest BCUT2D eigenvalue weighted by atomic mass is 19.1. The first kappa shape index (κ1) is 23.3. The van der Waals surface area contributed by atoms with E-state index in [0.717, 1.165) is 0 Å². The number of nitrogens with zero attached hydrogens (tertiary/aromatic N) is 1. The van der Waals surface area contributed by atoms with Crippen molar-refractivity contribution in [1.29, 1.82) is 0 Å². The van der Waals surface area contributed by atoms with Crippen molar-refractivity contribution >= 4 is 18.1 Å². The van der Waals surface area contributed by atoms with Crippen LogP contribution in [0.5, 0.6) is 23.0 Å². The number of ether oxygens (including phenoxy) is 4. The third-order valence-corrected chi connectivity index (χ3v) is 4.30. The number of carbonyl (C=O) groups excluding carboxylic acids is 2. The van der Waals surface area contributed by atoms with Crippen LogP contribution in [-0.4, -0.2) is 38.9 Å². The number of halogens is 1. The van der Waals surface area contributed by atoms with Gasteiger partial charge in [0.25, 0.3) is 5.91 Å². The minimum absolute atomic E-state index is 0.229. The lowest BCUT2D eigenvalue weighted by Gasteiger charge is -2.10. The molecule has 170 valence electrons. The van der Waals surface area contributed by atoms with Crippen LogP contribution in [0, 0.1) is 5.82 Å².